The normalized spacial score (nSPS) is 11.2. The quantitative estimate of drug-likeness (QED) is 0.710. The Bertz CT molecular complexity index is 805. The molecule has 6 nitrogen and oxygen atoms in total. The van der Waals surface area contributed by atoms with Gasteiger partial charge in [0, 0.05) is 20.0 Å². The molecule has 0 aliphatic rings. The first-order valence-electron chi connectivity index (χ1n) is 7.81. The number of rotatable bonds is 7. The Labute approximate surface area is 148 Å². The lowest BCUT2D eigenvalue weighted by atomic mass is 10.2. The summed E-state index contributed by atoms with van der Waals surface area (Å²) < 4.78 is 27.4. The largest absolute Gasteiger partial charge is 0.275 e. The minimum absolute atomic E-state index is 0.00429. The number of benzene rings is 2. The highest BCUT2D eigenvalue weighted by molar-refractivity contribution is 7.92. The number of sulfonamides is 1. The van der Waals surface area contributed by atoms with Crippen molar-refractivity contribution in [2.45, 2.75) is 18.2 Å². The van der Waals surface area contributed by atoms with Crippen molar-refractivity contribution < 1.29 is 18.0 Å². The van der Waals surface area contributed by atoms with Gasteiger partial charge in [-0.05, 0) is 31.2 Å². The molecular formula is C18H22N2O4S. The molecule has 2 aromatic carbocycles. The Hall–Kier alpha value is -2.38. The summed E-state index contributed by atoms with van der Waals surface area (Å²) in [6.07, 6.45) is 0.00429. The van der Waals surface area contributed by atoms with Gasteiger partial charge in [0.05, 0.1) is 17.7 Å². The molecule has 0 saturated carbocycles. The second-order valence-corrected chi connectivity index (χ2v) is 7.41. The van der Waals surface area contributed by atoms with Crippen molar-refractivity contribution >= 4 is 21.6 Å². The molecule has 0 heterocycles. The van der Waals surface area contributed by atoms with Gasteiger partial charge in [0.25, 0.3) is 10.0 Å². The first-order chi connectivity index (χ1) is 11.9. The zero-order chi connectivity index (χ0) is 18.4. The number of hydrogen-bond donors (Lipinski definition) is 0. The molecule has 0 atom stereocenters. The van der Waals surface area contributed by atoms with E-state index >= 15 is 0 Å². The Kier molecular flexibility index (Phi) is 6.17. The highest BCUT2D eigenvalue weighted by Crippen LogP contribution is 2.24. The second kappa shape index (κ2) is 8.13. The van der Waals surface area contributed by atoms with Gasteiger partial charge < -0.3 is 0 Å². The zero-order valence-corrected chi connectivity index (χ0v) is 15.4. The highest BCUT2D eigenvalue weighted by Gasteiger charge is 2.25. The maximum atomic E-state index is 13.1. The number of nitrogens with zero attached hydrogens (tertiary/aromatic N) is 2. The Morgan fingerprint density at radius 2 is 1.64 bits per heavy atom. The van der Waals surface area contributed by atoms with E-state index in [9.17, 15) is 13.2 Å². The fraction of sp³-hybridized carbons (Fsp3) is 0.278. The summed E-state index contributed by atoms with van der Waals surface area (Å²) in [4.78, 5) is 17.0. The summed E-state index contributed by atoms with van der Waals surface area (Å²) in [5.41, 5.74) is 1.48. The van der Waals surface area contributed by atoms with Gasteiger partial charge in [-0.2, -0.15) is 0 Å². The van der Waals surface area contributed by atoms with Gasteiger partial charge >= 0.3 is 0 Å². The molecule has 0 saturated heterocycles. The zero-order valence-electron chi connectivity index (χ0n) is 14.5. The van der Waals surface area contributed by atoms with Crippen LogP contribution >= 0.6 is 0 Å². The number of anilines is 1. The molecule has 0 unspecified atom stereocenters. The van der Waals surface area contributed by atoms with Gasteiger partial charge in [-0.1, -0.05) is 35.9 Å². The van der Waals surface area contributed by atoms with Gasteiger partial charge in [-0.15, -0.1) is 0 Å². The molecule has 0 radical (unpaired) electrons. The maximum Gasteiger partial charge on any atom is 0.264 e. The van der Waals surface area contributed by atoms with Crippen molar-refractivity contribution in [1.82, 2.24) is 5.06 Å². The van der Waals surface area contributed by atoms with Crippen LogP contribution in [0.15, 0.2) is 59.5 Å². The molecule has 0 aromatic heterocycles. The summed E-state index contributed by atoms with van der Waals surface area (Å²) in [5, 5.41) is 1.08. The van der Waals surface area contributed by atoms with Crippen LogP contribution in [0.2, 0.25) is 0 Å². The summed E-state index contributed by atoms with van der Waals surface area (Å²) in [7, 11) is -0.903. The van der Waals surface area contributed by atoms with Crippen LogP contribution in [0.5, 0.6) is 0 Å². The minimum Gasteiger partial charge on any atom is -0.275 e. The smallest absolute Gasteiger partial charge is 0.264 e. The molecule has 7 heteroatoms. The second-order valence-electron chi connectivity index (χ2n) is 5.55. The number of para-hydroxylation sites is 1. The predicted molar refractivity (Wildman–Crippen MR) is 96.5 cm³/mol. The van der Waals surface area contributed by atoms with Crippen molar-refractivity contribution in [2.75, 3.05) is 25.0 Å². The summed E-state index contributed by atoms with van der Waals surface area (Å²) in [6.45, 7) is 1.91. The number of carbonyl (C=O) groups is 1. The van der Waals surface area contributed by atoms with Crippen LogP contribution in [-0.4, -0.2) is 40.1 Å². The molecule has 134 valence electrons. The minimum atomic E-state index is -3.78. The van der Waals surface area contributed by atoms with Crippen molar-refractivity contribution in [2.24, 2.45) is 0 Å². The first-order valence-corrected chi connectivity index (χ1v) is 9.25. The van der Waals surface area contributed by atoms with E-state index in [2.05, 4.69) is 0 Å². The third-order valence-electron chi connectivity index (χ3n) is 3.81. The third kappa shape index (κ3) is 4.58. The van der Waals surface area contributed by atoms with Crippen LogP contribution < -0.4 is 4.31 Å². The Morgan fingerprint density at radius 3 is 2.20 bits per heavy atom. The monoisotopic (exact) mass is 362 g/mol. The van der Waals surface area contributed by atoms with Gasteiger partial charge in [0.1, 0.15) is 0 Å². The Morgan fingerprint density at radius 1 is 1.04 bits per heavy atom. The van der Waals surface area contributed by atoms with Crippen LogP contribution in [0, 0.1) is 6.92 Å². The molecule has 2 aromatic rings. The SMILES string of the molecule is CON(C)C(=O)CCN(c1ccccc1)S(=O)(=O)c1ccc(C)cc1. The average Bonchev–Trinajstić information content (AvgIpc) is 2.62. The van der Waals surface area contributed by atoms with Gasteiger partial charge in [-0.3, -0.25) is 13.9 Å². The van der Waals surface area contributed by atoms with E-state index < -0.39 is 10.0 Å². The molecule has 2 rings (SSSR count). The number of amides is 1. The number of hydrogen-bond acceptors (Lipinski definition) is 4. The van der Waals surface area contributed by atoms with E-state index in [-0.39, 0.29) is 23.8 Å². The van der Waals surface area contributed by atoms with Crippen LogP contribution in [0.4, 0.5) is 5.69 Å². The van der Waals surface area contributed by atoms with Crippen LogP contribution in [-0.2, 0) is 19.7 Å². The van der Waals surface area contributed by atoms with Crippen LogP contribution in [0.3, 0.4) is 0 Å². The molecule has 0 fully saturated rings. The van der Waals surface area contributed by atoms with Crippen molar-refractivity contribution in [3.8, 4) is 0 Å². The molecule has 1 amide bonds. The van der Waals surface area contributed by atoms with E-state index in [0.717, 1.165) is 10.6 Å². The molecule has 0 aliphatic heterocycles. The fourth-order valence-electron chi connectivity index (χ4n) is 2.28. The van der Waals surface area contributed by atoms with Gasteiger partial charge in [-0.25, -0.2) is 13.5 Å². The van der Waals surface area contributed by atoms with E-state index in [0.29, 0.717) is 5.69 Å². The Balaban J connectivity index is 2.34. The summed E-state index contributed by atoms with van der Waals surface area (Å²) >= 11 is 0. The number of aryl methyl sites for hydroxylation is 1. The molecule has 0 N–H and O–H groups in total. The summed E-state index contributed by atoms with van der Waals surface area (Å²) in [5.74, 6) is -0.303. The molecular weight excluding hydrogens is 340 g/mol. The van der Waals surface area contributed by atoms with Gasteiger partial charge in [0.15, 0.2) is 0 Å². The van der Waals surface area contributed by atoms with Crippen molar-refractivity contribution in [3.63, 3.8) is 0 Å². The molecule has 0 bridgehead atoms. The van der Waals surface area contributed by atoms with Crippen molar-refractivity contribution in [1.29, 1.82) is 0 Å². The summed E-state index contributed by atoms with van der Waals surface area (Å²) in [6, 6.07) is 15.4. The van der Waals surface area contributed by atoms with E-state index in [1.54, 1.807) is 48.5 Å². The van der Waals surface area contributed by atoms with E-state index in [1.807, 2.05) is 13.0 Å². The van der Waals surface area contributed by atoms with Crippen LogP contribution in [0.1, 0.15) is 12.0 Å². The van der Waals surface area contributed by atoms with E-state index in [1.165, 1.54) is 18.5 Å². The van der Waals surface area contributed by atoms with Crippen LogP contribution in [0.25, 0.3) is 0 Å². The lowest BCUT2D eigenvalue weighted by Gasteiger charge is -2.25. The lowest BCUT2D eigenvalue weighted by molar-refractivity contribution is -0.168. The van der Waals surface area contributed by atoms with Gasteiger partial charge in [0.2, 0.25) is 5.91 Å². The fourth-order valence-corrected chi connectivity index (χ4v) is 3.74. The van der Waals surface area contributed by atoms with E-state index in [4.69, 9.17) is 4.84 Å². The lowest BCUT2D eigenvalue weighted by Crippen LogP contribution is -2.35. The maximum absolute atomic E-state index is 13.1. The average molecular weight is 362 g/mol. The molecule has 0 aliphatic carbocycles. The third-order valence-corrected chi connectivity index (χ3v) is 5.65. The first kappa shape index (κ1) is 19.0. The predicted octanol–water partition coefficient (Wildman–Crippen LogP) is 2.60. The number of hydroxylamine groups is 2. The topological polar surface area (TPSA) is 66.9 Å². The standard InChI is InChI=1S/C18H22N2O4S/c1-15-9-11-17(12-10-15)25(22,23)20(16-7-5-4-6-8-16)14-13-18(21)19(2)24-3/h4-12H,13-14H2,1-3H3. The molecule has 0 spiro atoms. The number of carbonyl (C=O) groups excluding carboxylic acids is 1. The highest BCUT2D eigenvalue weighted by atomic mass is 32.2. The van der Waals surface area contributed by atoms with Crippen molar-refractivity contribution in [3.05, 3.63) is 60.2 Å². The molecule has 25 heavy (non-hydrogen) atoms.